The van der Waals surface area contributed by atoms with Gasteiger partial charge in [-0.2, -0.15) is 0 Å². The Labute approximate surface area is 327 Å². The van der Waals surface area contributed by atoms with Crippen molar-refractivity contribution in [3.63, 3.8) is 0 Å². The molecule has 3 heterocycles. The van der Waals surface area contributed by atoms with Gasteiger partial charge in [0.1, 0.15) is 5.58 Å². The third-order valence-corrected chi connectivity index (χ3v) is 11.0. The summed E-state index contributed by atoms with van der Waals surface area (Å²) >= 11 is 0. The first-order chi connectivity index (χ1) is 26.2. The van der Waals surface area contributed by atoms with Gasteiger partial charge in [0.2, 0.25) is 0 Å². The van der Waals surface area contributed by atoms with Gasteiger partial charge in [0.05, 0.1) is 13.7 Å². The molecule has 0 atom stereocenters. The number of benzene rings is 5. The second-order valence-corrected chi connectivity index (χ2v) is 18.9. The molecule has 0 N–H and O–H groups in total. The fraction of sp³-hybridized carbons (Fsp3) is 0.149. The molecule has 0 spiro atoms. The standard InChI is InChI=1S/C24H28NSi.C23H14NO.Ir/c1-17(2)21-15-23(25-16-24(21)26(4,5)6)20-13-12-18(3)22(14-20)19-10-8-7-9-11-19;1-2-7-16(8-3-1)17-12-13-18-19-9-6-10-20(21-11-4-5-14-24-21)23(19)25-22(18)15-17;/h7-12,14-17H,1-6H3;1-9,11-15H;/q2*-1;/i3D3,17D;;. The van der Waals surface area contributed by atoms with Gasteiger partial charge in [0.15, 0.2) is 0 Å². The average Bonchev–Trinajstić information content (AvgIpc) is 3.56. The van der Waals surface area contributed by atoms with E-state index >= 15 is 0 Å². The molecule has 0 fully saturated rings. The van der Waals surface area contributed by atoms with Gasteiger partial charge < -0.3 is 14.4 Å². The molecule has 261 valence electrons. The molecule has 0 saturated heterocycles. The number of furan rings is 1. The van der Waals surface area contributed by atoms with E-state index in [2.05, 4.69) is 73.2 Å². The smallest absolute Gasteiger partial charge is 0.121 e. The quantitative estimate of drug-likeness (QED) is 0.123. The van der Waals surface area contributed by atoms with Crippen LogP contribution in [0.5, 0.6) is 0 Å². The predicted molar refractivity (Wildman–Crippen MR) is 217 cm³/mol. The maximum Gasteiger partial charge on any atom is 0.121 e. The Morgan fingerprint density at radius 1 is 0.731 bits per heavy atom. The third kappa shape index (κ3) is 7.78. The van der Waals surface area contributed by atoms with E-state index in [4.69, 9.17) is 14.9 Å². The molecule has 3 aromatic heterocycles. The Bertz CT molecular complexity index is 2600. The summed E-state index contributed by atoms with van der Waals surface area (Å²) in [5, 5.41) is 3.38. The topological polar surface area (TPSA) is 38.9 Å². The minimum Gasteiger partial charge on any atom is -0.501 e. The second kappa shape index (κ2) is 15.8. The molecule has 0 bridgehead atoms. The van der Waals surface area contributed by atoms with Crippen molar-refractivity contribution in [2.75, 3.05) is 0 Å². The number of aromatic nitrogens is 2. The molecule has 0 aliphatic rings. The summed E-state index contributed by atoms with van der Waals surface area (Å²) < 4.78 is 38.7. The van der Waals surface area contributed by atoms with Gasteiger partial charge in [-0.3, -0.25) is 0 Å². The zero-order valence-corrected chi connectivity index (χ0v) is 33.3. The molecule has 52 heavy (non-hydrogen) atoms. The van der Waals surface area contributed by atoms with Crippen molar-refractivity contribution >= 4 is 35.2 Å². The van der Waals surface area contributed by atoms with Crippen molar-refractivity contribution in [1.82, 2.24) is 9.97 Å². The van der Waals surface area contributed by atoms with Crippen LogP contribution in [0.25, 0.3) is 66.7 Å². The number of nitrogens with zero attached hydrogens (tertiary/aromatic N) is 2. The monoisotopic (exact) mass is 875 g/mol. The summed E-state index contributed by atoms with van der Waals surface area (Å²) in [6.45, 7) is 8.32. The van der Waals surface area contributed by atoms with Gasteiger partial charge in [-0.25, -0.2) is 0 Å². The van der Waals surface area contributed by atoms with Crippen molar-refractivity contribution in [2.45, 2.75) is 46.2 Å². The zero-order chi connectivity index (χ0) is 39.0. The van der Waals surface area contributed by atoms with E-state index in [9.17, 15) is 0 Å². The van der Waals surface area contributed by atoms with Crippen LogP contribution in [0.15, 0.2) is 144 Å². The number of hydrogen-bond donors (Lipinski definition) is 0. The van der Waals surface area contributed by atoms with Gasteiger partial charge >= 0.3 is 0 Å². The first-order valence-corrected chi connectivity index (χ1v) is 20.7. The summed E-state index contributed by atoms with van der Waals surface area (Å²) in [6, 6.07) is 47.9. The van der Waals surface area contributed by atoms with Gasteiger partial charge in [0, 0.05) is 43.4 Å². The molecular weight excluding hydrogens is 829 g/mol. The van der Waals surface area contributed by atoms with Crippen LogP contribution in [-0.4, -0.2) is 18.0 Å². The van der Waals surface area contributed by atoms with Crippen molar-refractivity contribution < 1.29 is 30.0 Å². The summed E-state index contributed by atoms with van der Waals surface area (Å²) in [4.78, 5) is 9.14. The summed E-state index contributed by atoms with van der Waals surface area (Å²) in [6.07, 6.45) is 3.69. The Morgan fingerprint density at radius 2 is 1.46 bits per heavy atom. The molecule has 0 saturated carbocycles. The molecule has 0 aliphatic carbocycles. The zero-order valence-electron chi connectivity index (χ0n) is 33.9. The van der Waals surface area contributed by atoms with Gasteiger partial charge in [-0.1, -0.05) is 153 Å². The number of rotatable bonds is 6. The van der Waals surface area contributed by atoms with E-state index in [1.807, 2.05) is 105 Å². The van der Waals surface area contributed by atoms with Crippen molar-refractivity contribution in [3.8, 4) is 44.8 Å². The molecule has 0 amide bonds. The van der Waals surface area contributed by atoms with Crippen LogP contribution in [0.1, 0.15) is 36.4 Å². The fourth-order valence-electron chi connectivity index (χ4n) is 6.36. The SMILES string of the molecule is [2H]C([2H])([2H])c1c[c-]c(-c2cc(C([2H])(C)C)c([Si](C)(C)C)cn2)cc1-c1ccccc1.[Ir].[c-]1ccc2c(oc3cc(-c4ccccc4)ccc32)c1-c1ccccn1. The molecule has 0 aliphatic heterocycles. The molecule has 8 aromatic rings. The van der Waals surface area contributed by atoms with Gasteiger partial charge in [0.25, 0.3) is 0 Å². The molecular formula is C47H42IrN2OSi-2. The Kier molecular flexibility index (Phi) is 9.63. The maximum absolute atomic E-state index is 8.66. The number of fused-ring (bicyclic) bond motifs is 3. The van der Waals surface area contributed by atoms with Crippen LogP contribution < -0.4 is 5.19 Å². The molecule has 5 aromatic carbocycles. The molecule has 5 heteroatoms. The van der Waals surface area contributed by atoms with E-state index < -0.39 is 20.8 Å². The van der Waals surface area contributed by atoms with E-state index in [1.165, 1.54) is 10.8 Å². The number of hydrogen-bond acceptors (Lipinski definition) is 3. The van der Waals surface area contributed by atoms with Crippen LogP contribution >= 0.6 is 0 Å². The van der Waals surface area contributed by atoms with Crippen LogP contribution in [0, 0.1) is 19.0 Å². The molecule has 8 rings (SSSR count). The van der Waals surface area contributed by atoms with Crippen LogP contribution in [0.2, 0.25) is 19.6 Å². The van der Waals surface area contributed by atoms with Gasteiger partial charge in [-0.05, 0) is 51.3 Å². The molecule has 1 radical (unpaired) electrons. The maximum atomic E-state index is 8.66. The first kappa shape index (κ1) is 31.8. The van der Waals surface area contributed by atoms with Crippen LogP contribution in [-0.2, 0) is 20.1 Å². The number of pyridine rings is 2. The predicted octanol–water partition coefficient (Wildman–Crippen LogP) is 12.3. The first-order valence-electron chi connectivity index (χ1n) is 19.2. The van der Waals surface area contributed by atoms with E-state index in [-0.39, 0.29) is 25.7 Å². The summed E-state index contributed by atoms with van der Waals surface area (Å²) in [5.74, 6) is -0.756. The minimum absolute atomic E-state index is 0. The normalized spacial score (nSPS) is 12.9. The van der Waals surface area contributed by atoms with E-state index in [1.54, 1.807) is 12.3 Å². The summed E-state index contributed by atoms with van der Waals surface area (Å²) in [5.41, 5.74) is 10.0. The van der Waals surface area contributed by atoms with Crippen molar-refractivity contribution in [1.29, 1.82) is 0 Å². The van der Waals surface area contributed by atoms with E-state index in [0.717, 1.165) is 55.4 Å². The van der Waals surface area contributed by atoms with Gasteiger partial charge in [-0.15, -0.1) is 47.5 Å². The van der Waals surface area contributed by atoms with Crippen LogP contribution in [0.4, 0.5) is 0 Å². The summed E-state index contributed by atoms with van der Waals surface area (Å²) in [7, 11) is -1.68. The Morgan fingerprint density at radius 3 is 2.13 bits per heavy atom. The third-order valence-electron chi connectivity index (χ3n) is 9.02. The van der Waals surface area contributed by atoms with Crippen LogP contribution in [0.3, 0.4) is 0 Å². The van der Waals surface area contributed by atoms with Crippen molar-refractivity contribution in [2.24, 2.45) is 0 Å². The number of aryl methyl sites for hydroxylation is 1. The minimum atomic E-state index is -2.23. The Hall–Kier alpha value is -4.93. The van der Waals surface area contributed by atoms with E-state index in [0.29, 0.717) is 11.3 Å². The fourth-order valence-corrected chi connectivity index (χ4v) is 7.94. The average molecular weight is 875 g/mol. The molecule has 3 nitrogen and oxygen atoms in total. The largest absolute Gasteiger partial charge is 0.501 e. The van der Waals surface area contributed by atoms with Crippen molar-refractivity contribution in [3.05, 3.63) is 163 Å². The molecule has 0 unspecified atom stereocenters. The Balaban J connectivity index is 0.000000189. The second-order valence-electron chi connectivity index (χ2n) is 13.9.